The van der Waals surface area contributed by atoms with E-state index in [4.69, 9.17) is 4.74 Å². The molecule has 3 heteroatoms. The SMILES string of the molecule is CC(C(=O)OC1=CCCC1=O)c1ccccc1. The Hall–Kier alpha value is -1.90. The molecule has 0 spiro atoms. The summed E-state index contributed by atoms with van der Waals surface area (Å²) in [6.07, 6.45) is 2.79. The minimum atomic E-state index is -0.377. The van der Waals surface area contributed by atoms with Crippen LogP contribution in [0.3, 0.4) is 0 Å². The number of benzene rings is 1. The van der Waals surface area contributed by atoms with E-state index in [0.29, 0.717) is 12.8 Å². The zero-order valence-corrected chi connectivity index (χ0v) is 9.68. The molecule has 1 atom stereocenters. The molecule has 0 aromatic heterocycles. The third-order valence-corrected chi connectivity index (χ3v) is 2.84. The van der Waals surface area contributed by atoms with Crippen LogP contribution in [-0.2, 0) is 14.3 Å². The van der Waals surface area contributed by atoms with Gasteiger partial charge in [0.15, 0.2) is 11.5 Å². The topological polar surface area (TPSA) is 43.4 Å². The van der Waals surface area contributed by atoms with Crippen molar-refractivity contribution in [1.29, 1.82) is 0 Å². The molecule has 1 aromatic carbocycles. The Balaban J connectivity index is 2.03. The minimum absolute atomic E-state index is 0.0846. The lowest BCUT2D eigenvalue weighted by Gasteiger charge is -2.11. The van der Waals surface area contributed by atoms with Gasteiger partial charge in [0.25, 0.3) is 0 Å². The standard InChI is InChI=1S/C14H14O3/c1-10(11-6-3-2-4-7-11)14(16)17-13-9-5-8-12(13)15/h2-4,6-7,9-10H,5,8H2,1H3. The van der Waals surface area contributed by atoms with Gasteiger partial charge in [-0.1, -0.05) is 30.3 Å². The second kappa shape index (κ2) is 4.95. The number of hydrogen-bond donors (Lipinski definition) is 0. The molecule has 0 fully saturated rings. The Bertz CT molecular complexity index is 460. The van der Waals surface area contributed by atoms with E-state index in [1.807, 2.05) is 30.3 Å². The Morgan fingerprint density at radius 2 is 2.00 bits per heavy atom. The minimum Gasteiger partial charge on any atom is -0.423 e. The van der Waals surface area contributed by atoms with Crippen molar-refractivity contribution < 1.29 is 14.3 Å². The van der Waals surface area contributed by atoms with Crippen molar-refractivity contribution >= 4 is 11.8 Å². The molecule has 17 heavy (non-hydrogen) atoms. The van der Waals surface area contributed by atoms with Crippen molar-refractivity contribution in [2.24, 2.45) is 0 Å². The summed E-state index contributed by atoms with van der Waals surface area (Å²) < 4.78 is 5.11. The van der Waals surface area contributed by atoms with Crippen LogP contribution in [0.2, 0.25) is 0 Å². The predicted molar refractivity (Wildman–Crippen MR) is 63.3 cm³/mol. The zero-order valence-electron chi connectivity index (χ0n) is 9.68. The third-order valence-electron chi connectivity index (χ3n) is 2.84. The highest BCUT2D eigenvalue weighted by atomic mass is 16.5. The van der Waals surface area contributed by atoms with Gasteiger partial charge in [-0.2, -0.15) is 0 Å². The van der Waals surface area contributed by atoms with Crippen LogP contribution in [0.25, 0.3) is 0 Å². The number of ketones is 1. The lowest BCUT2D eigenvalue weighted by molar-refractivity contribution is -0.143. The Morgan fingerprint density at radius 3 is 2.59 bits per heavy atom. The fraction of sp³-hybridized carbons (Fsp3) is 0.286. The Labute approximate surface area is 100 Å². The van der Waals surface area contributed by atoms with Crippen LogP contribution in [0.15, 0.2) is 42.2 Å². The van der Waals surface area contributed by atoms with E-state index in [1.54, 1.807) is 13.0 Å². The first-order valence-corrected chi connectivity index (χ1v) is 5.68. The molecule has 0 heterocycles. The van der Waals surface area contributed by atoms with Crippen LogP contribution in [0.4, 0.5) is 0 Å². The number of hydrogen-bond acceptors (Lipinski definition) is 3. The number of rotatable bonds is 3. The van der Waals surface area contributed by atoms with Gasteiger partial charge in [0, 0.05) is 6.42 Å². The van der Waals surface area contributed by atoms with Gasteiger partial charge >= 0.3 is 5.97 Å². The van der Waals surface area contributed by atoms with E-state index < -0.39 is 0 Å². The fourth-order valence-corrected chi connectivity index (χ4v) is 1.74. The maximum absolute atomic E-state index is 11.8. The molecular weight excluding hydrogens is 216 g/mol. The average molecular weight is 230 g/mol. The number of allylic oxidation sites excluding steroid dienone is 2. The third kappa shape index (κ3) is 2.61. The summed E-state index contributed by atoms with van der Waals surface area (Å²) in [5, 5.41) is 0. The maximum atomic E-state index is 11.8. The molecule has 1 unspecified atom stereocenters. The van der Waals surface area contributed by atoms with Crippen LogP contribution in [0, 0.1) is 0 Å². The van der Waals surface area contributed by atoms with Crippen LogP contribution in [0.5, 0.6) is 0 Å². The molecule has 0 bridgehead atoms. The fourth-order valence-electron chi connectivity index (χ4n) is 1.74. The molecule has 0 saturated heterocycles. The highest BCUT2D eigenvalue weighted by molar-refractivity contribution is 5.98. The van der Waals surface area contributed by atoms with Gasteiger partial charge in [0.05, 0.1) is 5.92 Å². The largest absolute Gasteiger partial charge is 0.423 e. The number of esters is 1. The molecule has 3 nitrogen and oxygen atoms in total. The smallest absolute Gasteiger partial charge is 0.318 e. The second-order valence-electron chi connectivity index (χ2n) is 4.08. The van der Waals surface area contributed by atoms with Gasteiger partial charge in [-0.25, -0.2) is 0 Å². The lowest BCUT2D eigenvalue weighted by atomic mass is 10.0. The molecular formula is C14H14O3. The monoisotopic (exact) mass is 230 g/mol. The molecule has 1 aliphatic carbocycles. The van der Waals surface area contributed by atoms with Gasteiger partial charge in [-0.3, -0.25) is 9.59 Å². The zero-order chi connectivity index (χ0) is 12.3. The Kier molecular flexibility index (Phi) is 3.38. The van der Waals surface area contributed by atoms with Crippen molar-refractivity contribution in [3.63, 3.8) is 0 Å². The number of Topliss-reactive ketones (excluding diaryl/α,β-unsaturated/α-hetero) is 1. The van der Waals surface area contributed by atoms with E-state index in [2.05, 4.69) is 0 Å². The van der Waals surface area contributed by atoms with Crippen molar-refractivity contribution in [1.82, 2.24) is 0 Å². The first kappa shape index (κ1) is 11.6. The number of carbonyl (C=O) groups excluding carboxylic acids is 2. The average Bonchev–Trinajstić information content (AvgIpc) is 2.75. The number of ether oxygens (including phenoxy) is 1. The summed E-state index contributed by atoms with van der Waals surface area (Å²) in [5.74, 6) is -0.611. The summed E-state index contributed by atoms with van der Waals surface area (Å²) in [4.78, 5) is 23.2. The first-order valence-electron chi connectivity index (χ1n) is 5.68. The molecule has 0 saturated carbocycles. The summed E-state index contributed by atoms with van der Waals surface area (Å²) in [5.41, 5.74) is 0.892. The molecule has 2 rings (SSSR count). The summed E-state index contributed by atoms with van der Waals surface area (Å²) in [7, 11) is 0. The van der Waals surface area contributed by atoms with Crippen molar-refractivity contribution in [3.05, 3.63) is 47.7 Å². The van der Waals surface area contributed by atoms with E-state index in [1.165, 1.54) is 0 Å². The summed E-state index contributed by atoms with van der Waals surface area (Å²) in [6.45, 7) is 1.78. The quantitative estimate of drug-likeness (QED) is 0.749. The molecule has 1 aliphatic rings. The highest BCUT2D eigenvalue weighted by Gasteiger charge is 2.23. The van der Waals surface area contributed by atoms with Gasteiger partial charge in [0.1, 0.15) is 0 Å². The van der Waals surface area contributed by atoms with Crippen LogP contribution in [-0.4, -0.2) is 11.8 Å². The van der Waals surface area contributed by atoms with E-state index >= 15 is 0 Å². The lowest BCUT2D eigenvalue weighted by Crippen LogP contribution is -2.15. The predicted octanol–water partition coefficient (Wildman–Crippen LogP) is 2.58. The van der Waals surface area contributed by atoms with E-state index in [-0.39, 0.29) is 23.4 Å². The molecule has 1 aromatic rings. The summed E-state index contributed by atoms with van der Waals surface area (Å²) >= 11 is 0. The van der Waals surface area contributed by atoms with Gasteiger partial charge in [-0.15, -0.1) is 0 Å². The number of carbonyl (C=O) groups is 2. The highest BCUT2D eigenvalue weighted by Crippen LogP contribution is 2.21. The summed E-state index contributed by atoms with van der Waals surface area (Å²) in [6, 6.07) is 9.39. The molecule has 0 N–H and O–H groups in total. The van der Waals surface area contributed by atoms with Gasteiger partial charge in [-0.05, 0) is 25.0 Å². The van der Waals surface area contributed by atoms with Crippen LogP contribution >= 0.6 is 0 Å². The van der Waals surface area contributed by atoms with Crippen molar-refractivity contribution in [2.45, 2.75) is 25.7 Å². The van der Waals surface area contributed by atoms with Crippen molar-refractivity contribution in [2.75, 3.05) is 0 Å². The van der Waals surface area contributed by atoms with Crippen LogP contribution in [0.1, 0.15) is 31.2 Å². The van der Waals surface area contributed by atoms with E-state index in [0.717, 1.165) is 5.56 Å². The normalized spacial score (nSPS) is 16.5. The van der Waals surface area contributed by atoms with Gasteiger partial charge in [0.2, 0.25) is 0 Å². The van der Waals surface area contributed by atoms with Gasteiger partial charge < -0.3 is 4.74 Å². The second-order valence-corrected chi connectivity index (χ2v) is 4.08. The molecule has 0 aliphatic heterocycles. The Morgan fingerprint density at radius 1 is 1.29 bits per heavy atom. The van der Waals surface area contributed by atoms with Crippen LogP contribution < -0.4 is 0 Å². The van der Waals surface area contributed by atoms with E-state index in [9.17, 15) is 9.59 Å². The maximum Gasteiger partial charge on any atom is 0.318 e. The first-order chi connectivity index (χ1) is 8.18. The van der Waals surface area contributed by atoms with Crippen molar-refractivity contribution in [3.8, 4) is 0 Å². The molecule has 88 valence electrons. The molecule has 0 radical (unpaired) electrons. The molecule has 0 amide bonds.